The van der Waals surface area contributed by atoms with E-state index in [9.17, 15) is 35.1 Å². The smallest absolute Gasteiger partial charge is 0.306 e. The van der Waals surface area contributed by atoms with E-state index in [1.165, 1.54) is 51.4 Å². The Morgan fingerprint density at radius 3 is 1.52 bits per heavy atom. The van der Waals surface area contributed by atoms with Crippen LogP contribution in [0.4, 0.5) is 0 Å². The second-order valence-electron chi connectivity index (χ2n) is 18.7. The highest BCUT2D eigenvalue weighted by Gasteiger charge is 2.47. The molecule has 71 heavy (non-hydrogen) atoms. The number of allylic oxidation sites excluding steroid dienone is 17. The summed E-state index contributed by atoms with van der Waals surface area (Å²) in [6.45, 7) is 5.45. The Hall–Kier alpha value is -3.68. The summed E-state index contributed by atoms with van der Waals surface area (Å²) in [5.41, 5.74) is 0. The van der Waals surface area contributed by atoms with Gasteiger partial charge in [-0.05, 0) is 64.2 Å². The lowest BCUT2D eigenvalue weighted by molar-refractivity contribution is -0.305. The minimum absolute atomic E-state index is 0.0667. The first-order valence-electron chi connectivity index (χ1n) is 27.8. The van der Waals surface area contributed by atoms with Gasteiger partial charge in [-0.1, -0.05) is 233 Å². The molecule has 404 valence electrons. The first-order chi connectivity index (χ1) is 34.7. The van der Waals surface area contributed by atoms with Gasteiger partial charge in [-0.25, -0.2) is 0 Å². The van der Waals surface area contributed by atoms with Crippen molar-refractivity contribution in [2.75, 3.05) is 13.2 Å². The van der Waals surface area contributed by atoms with Crippen LogP contribution in [-0.2, 0) is 23.8 Å². The molecule has 11 heteroatoms. The van der Waals surface area contributed by atoms with Gasteiger partial charge in [0.1, 0.15) is 24.4 Å². The van der Waals surface area contributed by atoms with E-state index in [1.54, 1.807) is 6.08 Å². The minimum Gasteiger partial charge on any atom is -0.454 e. The number of hydrogen-bond donors (Lipinski definition) is 6. The van der Waals surface area contributed by atoms with Gasteiger partial charge in [0.05, 0.1) is 25.4 Å². The molecular weight excluding hydrogens is 895 g/mol. The second-order valence-corrected chi connectivity index (χ2v) is 18.7. The number of aliphatic hydroxyl groups excluding tert-OH is 5. The highest BCUT2D eigenvalue weighted by molar-refractivity contribution is 5.80. The van der Waals surface area contributed by atoms with Crippen LogP contribution in [-0.4, -0.2) is 99.6 Å². The van der Waals surface area contributed by atoms with Crippen molar-refractivity contribution in [2.45, 2.75) is 243 Å². The molecule has 0 radical (unpaired) electrons. The van der Waals surface area contributed by atoms with E-state index >= 15 is 0 Å². The first-order valence-corrected chi connectivity index (χ1v) is 27.8. The fraction of sp³-hybridized carbons (Fsp3) is 0.667. The zero-order valence-corrected chi connectivity index (χ0v) is 44.3. The SMILES string of the molecule is CC/C=C/C=C/C=C\C=C/C=C/CCCCCC(=O)OC1C(OCC(NC(=O)C(O)CCCCCCCC/C=C/C=C/C=C/CC)C(O)/C=C/CCCCCCCCCCCCC)OC(CO)C(O)C1O. The van der Waals surface area contributed by atoms with Gasteiger partial charge in [-0.15, -0.1) is 0 Å². The number of esters is 1. The van der Waals surface area contributed by atoms with E-state index in [-0.39, 0.29) is 19.4 Å². The van der Waals surface area contributed by atoms with Crippen LogP contribution in [0.15, 0.2) is 109 Å². The van der Waals surface area contributed by atoms with Crippen molar-refractivity contribution in [3.8, 4) is 0 Å². The summed E-state index contributed by atoms with van der Waals surface area (Å²) >= 11 is 0. The Bertz CT molecular complexity index is 1560. The summed E-state index contributed by atoms with van der Waals surface area (Å²) in [6, 6.07) is -1.05. The molecule has 6 N–H and O–H groups in total. The van der Waals surface area contributed by atoms with Gasteiger partial charge in [0, 0.05) is 6.42 Å². The summed E-state index contributed by atoms with van der Waals surface area (Å²) in [6.07, 6.45) is 52.7. The average molecular weight is 994 g/mol. The van der Waals surface area contributed by atoms with Crippen molar-refractivity contribution >= 4 is 11.9 Å². The second kappa shape index (κ2) is 47.3. The monoisotopic (exact) mass is 994 g/mol. The summed E-state index contributed by atoms with van der Waals surface area (Å²) < 4.78 is 17.5. The number of hydrogen-bond acceptors (Lipinski definition) is 10. The molecule has 1 amide bonds. The summed E-state index contributed by atoms with van der Waals surface area (Å²) in [5.74, 6) is -1.26. The molecule has 8 unspecified atom stereocenters. The van der Waals surface area contributed by atoms with E-state index in [2.05, 4.69) is 62.5 Å². The molecule has 0 aromatic heterocycles. The Kier molecular flexibility index (Phi) is 43.6. The lowest BCUT2D eigenvalue weighted by Crippen LogP contribution is -2.61. The number of amides is 1. The van der Waals surface area contributed by atoms with Gasteiger partial charge in [-0.2, -0.15) is 0 Å². The Morgan fingerprint density at radius 1 is 0.563 bits per heavy atom. The van der Waals surface area contributed by atoms with Crippen molar-refractivity contribution < 1.29 is 49.3 Å². The van der Waals surface area contributed by atoms with Crippen LogP contribution in [0.1, 0.15) is 194 Å². The third-order valence-electron chi connectivity index (χ3n) is 12.4. The molecule has 1 aliphatic heterocycles. The molecule has 0 aliphatic carbocycles. The molecule has 0 saturated carbocycles. The Morgan fingerprint density at radius 2 is 1.01 bits per heavy atom. The van der Waals surface area contributed by atoms with Gasteiger partial charge in [0.25, 0.3) is 0 Å². The molecule has 0 bridgehead atoms. The van der Waals surface area contributed by atoms with Crippen molar-refractivity contribution in [1.82, 2.24) is 5.32 Å². The van der Waals surface area contributed by atoms with Crippen molar-refractivity contribution in [3.63, 3.8) is 0 Å². The van der Waals surface area contributed by atoms with Crippen molar-refractivity contribution in [3.05, 3.63) is 109 Å². The van der Waals surface area contributed by atoms with Gasteiger partial charge < -0.3 is 45.1 Å². The number of nitrogens with one attached hydrogen (secondary N) is 1. The zero-order chi connectivity index (χ0) is 51.8. The quantitative estimate of drug-likeness (QED) is 0.0149. The van der Waals surface area contributed by atoms with E-state index in [1.807, 2.05) is 66.8 Å². The van der Waals surface area contributed by atoms with Crippen LogP contribution in [0.5, 0.6) is 0 Å². The van der Waals surface area contributed by atoms with Crippen LogP contribution >= 0.6 is 0 Å². The summed E-state index contributed by atoms with van der Waals surface area (Å²) in [7, 11) is 0. The molecule has 8 atom stereocenters. The topological polar surface area (TPSA) is 175 Å². The van der Waals surface area contributed by atoms with Crippen molar-refractivity contribution in [2.24, 2.45) is 0 Å². The summed E-state index contributed by atoms with van der Waals surface area (Å²) in [4.78, 5) is 26.4. The maximum absolute atomic E-state index is 13.4. The number of carbonyl (C=O) groups excluding carboxylic acids is 2. The normalized spacial score (nSPS) is 20.5. The van der Waals surface area contributed by atoms with Crippen LogP contribution in [0, 0.1) is 0 Å². The maximum Gasteiger partial charge on any atom is 0.306 e. The highest BCUT2D eigenvalue weighted by Crippen LogP contribution is 2.26. The number of rotatable bonds is 44. The van der Waals surface area contributed by atoms with Gasteiger partial charge in [0.15, 0.2) is 12.4 Å². The lowest BCUT2D eigenvalue weighted by atomic mass is 9.99. The molecule has 1 aliphatic rings. The van der Waals surface area contributed by atoms with E-state index in [4.69, 9.17) is 14.2 Å². The number of unbranched alkanes of at least 4 members (excludes halogenated alkanes) is 20. The fourth-order valence-electron chi connectivity index (χ4n) is 7.96. The molecule has 0 spiro atoms. The highest BCUT2D eigenvalue weighted by atomic mass is 16.7. The van der Waals surface area contributed by atoms with E-state index in [0.717, 1.165) is 96.3 Å². The molecular formula is C60H99NO10. The maximum atomic E-state index is 13.4. The molecule has 11 nitrogen and oxygen atoms in total. The standard InChI is InChI=1S/C60H99NO10/c1-4-7-10-13-16-19-22-25-27-30-33-36-39-42-45-48-55(65)71-58-57(67)56(66)54(49-62)70-60(58)69-50-51(52(63)46-43-40-37-34-31-28-24-21-18-15-12-9-6-3)61-59(68)53(64)47-44-41-38-35-32-29-26-23-20-17-14-11-8-5-2/h7-8,10-11,13-14,16-17,19-20,22-23,25,27,30,33,43,46,51-54,56-58,60,62-64,66-67H,4-6,9,12,15,18,21,24,26,28-29,31-32,34-42,44-45,47-50H2,1-3H3,(H,61,68)/b10-7+,11-8+,16-13+,17-14+,22-19-,23-20+,27-25-,33-30+,46-43+. The van der Waals surface area contributed by atoms with Gasteiger partial charge in [-0.3, -0.25) is 9.59 Å². The van der Waals surface area contributed by atoms with Gasteiger partial charge in [0.2, 0.25) is 5.91 Å². The number of ether oxygens (including phenoxy) is 3. The van der Waals surface area contributed by atoms with Gasteiger partial charge >= 0.3 is 5.97 Å². The fourth-order valence-corrected chi connectivity index (χ4v) is 7.96. The third kappa shape index (κ3) is 36.0. The number of carbonyl (C=O) groups is 2. The van der Waals surface area contributed by atoms with Crippen LogP contribution in [0.2, 0.25) is 0 Å². The zero-order valence-electron chi connectivity index (χ0n) is 44.3. The summed E-state index contributed by atoms with van der Waals surface area (Å²) in [5, 5.41) is 56.7. The van der Waals surface area contributed by atoms with Crippen molar-refractivity contribution in [1.29, 1.82) is 0 Å². The molecule has 1 saturated heterocycles. The third-order valence-corrected chi connectivity index (χ3v) is 12.4. The van der Waals surface area contributed by atoms with E-state index < -0.39 is 67.4 Å². The predicted molar refractivity (Wildman–Crippen MR) is 291 cm³/mol. The van der Waals surface area contributed by atoms with Crippen LogP contribution in [0.25, 0.3) is 0 Å². The molecule has 1 fully saturated rings. The first kappa shape index (κ1) is 65.3. The Balaban J connectivity index is 2.81. The largest absolute Gasteiger partial charge is 0.454 e. The number of aliphatic hydroxyl groups is 5. The lowest BCUT2D eigenvalue weighted by Gasteiger charge is -2.41. The van der Waals surface area contributed by atoms with Crippen LogP contribution in [0.3, 0.4) is 0 Å². The average Bonchev–Trinajstić information content (AvgIpc) is 3.37. The minimum atomic E-state index is -1.64. The Labute approximate surface area is 430 Å². The van der Waals surface area contributed by atoms with Crippen LogP contribution < -0.4 is 5.32 Å². The molecule has 0 aromatic carbocycles. The molecule has 0 aromatic rings. The predicted octanol–water partition coefficient (Wildman–Crippen LogP) is 12.2. The van der Waals surface area contributed by atoms with E-state index in [0.29, 0.717) is 12.8 Å². The molecule has 1 rings (SSSR count). The molecule has 1 heterocycles.